The van der Waals surface area contributed by atoms with Gasteiger partial charge in [-0.2, -0.15) is 0 Å². The second-order valence-corrected chi connectivity index (χ2v) is 5.93. The molecule has 1 amide bonds. The summed E-state index contributed by atoms with van der Waals surface area (Å²) < 4.78 is 0. The fourth-order valence-electron chi connectivity index (χ4n) is 3.09. The first-order chi connectivity index (χ1) is 8.78. The van der Waals surface area contributed by atoms with E-state index >= 15 is 0 Å². The summed E-state index contributed by atoms with van der Waals surface area (Å²) in [6.45, 7) is 0. The second-order valence-electron chi connectivity index (χ2n) is 5.08. The van der Waals surface area contributed by atoms with Gasteiger partial charge in [0.2, 0.25) is 5.91 Å². The summed E-state index contributed by atoms with van der Waals surface area (Å²) in [5.41, 5.74) is 0.942. The Balaban J connectivity index is 1.71. The molecule has 3 atom stereocenters. The minimum atomic E-state index is 0.152. The highest BCUT2D eigenvalue weighted by molar-refractivity contribution is 7.98. The molecule has 18 heavy (non-hydrogen) atoms. The number of amides is 1. The molecule has 2 aliphatic heterocycles. The lowest BCUT2D eigenvalue weighted by Crippen LogP contribution is -2.32. The van der Waals surface area contributed by atoms with E-state index in [1.54, 1.807) is 11.8 Å². The van der Waals surface area contributed by atoms with Gasteiger partial charge >= 0.3 is 0 Å². The fraction of sp³-hybridized carbons (Fsp3) is 0.500. The molecule has 2 heterocycles. The number of rotatable bonds is 3. The van der Waals surface area contributed by atoms with Crippen LogP contribution < -0.4 is 10.6 Å². The lowest BCUT2D eigenvalue weighted by molar-refractivity contribution is -0.120. The zero-order valence-electron chi connectivity index (χ0n) is 10.5. The molecule has 3 nitrogen and oxygen atoms in total. The first-order valence-corrected chi connectivity index (χ1v) is 7.70. The summed E-state index contributed by atoms with van der Waals surface area (Å²) >= 11 is 1.66. The fourth-order valence-corrected chi connectivity index (χ4v) is 3.64. The molecule has 0 radical (unpaired) electrons. The van der Waals surface area contributed by atoms with Crippen LogP contribution >= 0.6 is 11.8 Å². The number of nitrogens with one attached hydrogen (secondary N) is 2. The molecule has 4 heteroatoms. The Labute approximate surface area is 112 Å². The summed E-state index contributed by atoms with van der Waals surface area (Å²) in [5, 5.41) is 6.60. The molecule has 2 saturated heterocycles. The molecule has 1 aromatic carbocycles. The van der Waals surface area contributed by atoms with Gasteiger partial charge in [0.25, 0.3) is 0 Å². The van der Waals surface area contributed by atoms with Crippen LogP contribution in [0, 0.1) is 5.92 Å². The van der Waals surface area contributed by atoms with Crippen molar-refractivity contribution in [2.75, 3.05) is 11.6 Å². The molecule has 0 aliphatic carbocycles. The van der Waals surface area contributed by atoms with Gasteiger partial charge in [-0.15, -0.1) is 11.8 Å². The van der Waals surface area contributed by atoms with Crippen molar-refractivity contribution in [3.63, 3.8) is 0 Å². The largest absolute Gasteiger partial charge is 0.325 e. The van der Waals surface area contributed by atoms with Crippen molar-refractivity contribution in [3.8, 4) is 0 Å². The molecule has 0 saturated carbocycles. The van der Waals surface area contributed by atoms with Crippen molar-refractivity contribution in [2.24, 2.45) is 5.92 Å². The molecule has 0 spiro atoms. The van der Waals surface area contributed by atoms with Gasteiger partial charge in [-0.3, -0.25) is 4.79 Å². The number of carbonyl (C=O) groups is 1. The summed E-state index contributed by atoms with van der Waals surface area (Å²) in [4.78, 5) is 13.4. The highest BCUT2D eigenvalue weighted by Gasteiger charge is 2.42. The second kappa shape index (κ2) is 4.94. The molecule has 2 aliphatic rings. The molecule has 2 fully saturated rings. The van der Waals surface area contributed by atoms with Crippen LogP contribution in [0.3, 0.4) is 0 Å². The standard InChI is InChI=1S/C14H18N2OS/c1-18-13-5-3-2-4-12(13)16-14(17)10-8-9-6-7-11(10)15-9/h2-5,9-11,15H,6-8H2,1H3,(H,16,17). The Kier molecular flexibility index (Phi) is 3.31. The van der Waals surface area contributed by atoms with Crippen LogP contribution in [-0.4, -0.2) is 24.2 Å². The highest BCUT2D eigenvalue weighted by atomic mass is 32.2. The van der Waals surface area contributed by atoms with E-state index in [9.17, 15) is 4.79 Å². The number of thioether (sulfide) groups is 1. The average molecular weight is 262 g/mol. The van der Waals surface area contributed by atoms with Crippen molar-refractivity contribution in [3.05, 3.63) is 24.3 Å². The number of hydrogen-bond acceptors (Lipinski definition) is 3. The van der Waals surface area contributed by atoms with E-state index in [0.29, 0.717) is 12.1 Å². The smallest absolute Gasteiger partial charge is 0.229 e. The number of carbonyl (C=O) groups excluding carboxylic acids is 1. The number of para-hydroxylation sites is 1. The van der Waals surface area contributed by atoms with E-state index in [2.05, 4.69) is 10.6 Å². The molecular weight excluding hydrogens is 244 g/mol. The van der Waals surface area contributed by atoms with Gasteiger partial charge < -0.3 is 10.6 Å². The maximum Gasteiger partial charge on any atom is 0.229 e. The zero-order chi connectivity index (χ0) is 12.5. The first-order valence-electron chi connectivity index (χ1n) is 6.48. The third kappa shape index (κ3) is 2.15. The lowest BCUT2D eigenvalue weighted by Gasteiger charge is -2.20. The van der Waals surface area contributed by atoms with E-state index in [0.717, 1.165) is 23.4 Å². The maximum atomic E-state index is 12.3. The minimum Gasteiger partial charge on any atom is -0.325 e. The van der Waals surface area contributed by atoms with Crippen molar-refractivity contribution < 1.29 is 4.79 Å². The van der Waals surface area contributed by atoms with Gasteiger partial charge in [0, 0.05) is 17.0 Å². The molecule has 96 valence electrons. The highest BCUT2D eigenvalue weighted by Crippen LogP contribution is 2.34. The Hall–Kier alpha value is -1.00. The molecule has 3 unspecified atom stereocenters. The minimum absolute atomic E-state index is 0.152. The topological polar surface area (TPSA) is 41.1 Å². The quantitative estimate of drug-likeness (QED) is 0.822. The van der Waals surface area contributed by atoms with Gasteiger partial charge in [-0.25, -0.2) is 0 Å². The third-order valence-electron chi connectivity index (χ3n) is 4.00. The predicted octanol–water partition coefficient (Wildman–Crippen LogP) is 2.49. The van der Waals surface area contributed by atoms with E-state index < -0.39 is 0 Å². The molecule has 3 rings (SSSR count). The molecule has 2 bridgehead atoms. The normalized spacial score (nSPS) is 29.5. The van der Waals surface area contributed by atoms with Crippen LogP contribution in [-0.2, 0) is 4.79 Å². The average Bonchev–Trinajstić information content (AvgIpc) is 3.01. The summed E-state index contributed by atoms with van der Waals surface area (Å²) in [7, 11) is 0. The van der Waals surface area contributed by atoms with Crippen LogP contribution in [0.5, 0.6) is 0 Å². The third-order valence-corrected chi connectivity index (χ3v) is 4.80. The van der Waals surface area contributed by atoms with Gasteiger partial charge in [0.05, 0.1) is 11.6 Å². The SMILES string of the molecule is CSc1ccccc1NC(=O)C1CC2CCC1N2. The van der Waals surface area contributed by atoms with Crippen LogP contribution in [0.25, 0.3) is 0 Å². The molecular formula is C14H18N2OS. The zero-order valence-corrected chi connectivity index (χ0v) is 11.3. The number of hydrogen-bond donors (Lipinski definition) is 2. The number of fused-ring (bicyclic) bond motifs is 2. The van der Waals surface area contributed by atoms with Crippen LogP contribution in [0.15, 0.2) is 29.2 Å². The Morgan fingerprint density at radius 2 is 2.22 bits per heavy atom. The van der Waals surface area contributed by atoms with Crippen molar-refractivity contribution in [1.82, 2.24) is 5.32 Å². The van der Waals surface area contributed by atoms with Crippen LogP contribution in [0.2, 0.25) is 0 Å². The number of anilines is 1. The predicted molar refractivity (Wildman–Crippen MR) is 74.9 cm³/mol. The van der Waals surface area contributed by atoms with E-state index in [1.807, 2.05) is 30.5 Å². The summed E-state index contributed by atoms with van der Waals surface area (Å²) in [6.07, 6.45) is 5.41. The van der Waals surface area contributed by atoms with Crippen molar-refractivity contribution >= 4 is 23.4 Å². The monoisotopic (exact) mass is 262 g/mol. The van der Waals surface area contributed by atoms with Crippen LogP contribution in [0.4, 0.5) is 5.69 Å². The maximum absolute atomic E-state index is 12.3. The van der Waals surface area contributed by atoms with Gasteiger partial charge in [-0.1, -0.05) is 12.1 Å². The Morgan fingerprint density at radius 1 is 1.39 bits per heavy atom. The van der Waals surface area contributed by atoms with Gasteiger partial charge in [0.15, 0.2) is 0 Å². The Bertz CT molecular complexity index is 463. The van der Waals surface area contributed by atoms with E-state index in [-0.39, 0.29) is 11.8 Å². The number of benzene rings is 1. The van der Waals surface area contributed by atoms with Crippen molar-refractivity contribution in [2.45, 2.75) is 36.2 Å². The summed E-state index contributed by atoms with van der Waals surface area (Å²) in [6, 6.07) is 8.96. The van der Waals surface area contributed by atoms with Gasteiger partial charge in [-0.05, 0) is 37.7 Å². The van der Waals surface area contributed by atoms with Crippen molar-refractivity contribution in [1.29, 1.82) is 0 Å². The lowest BCUT2D eigenvalue weighted by atomic mass is 9.88. The molecule has 2 N–H and O–H groups in total. The Morgan fingerprint density at radius 3 is 2.89 bits per heavy atom. The summed E-state index contributed by atoms with van der Waals surface area (Å²) in [5.74, 6) is 0.329. The first kappa shape index (κ1) is 12.1. The molecule has 1 aromatic rings. The van der Waals surface area contributed by atoms with Crippen LogP contribution in [0.1, 0.15) is 19.3 Å². The van der Waals surface area contributed by atoms with E-state index in [1.165, 1.54) is 6.42 Å². The van der Waals surface area contributed by atoms with Gasteiger partial charge in [0.1, 0.15) is 0 Å². The molecule has 0 aromatic heterocycles. The van der Waals surface area contributed by atoms with E-state index in [4.69, 9.17) is 0 Å².